The molecule has 6 heteroatoms. The van der Waals surface area contributed by atoms with Gasteiger partial charge >= 0.3 is 0 Å². The molecule has 2 aliphatic heterocycles. The van der Waals surface area contributed by atoms with E-state index in [0.29, 0.717) is 6.42 Å². The van der Waals surface area contributed by atoms with Gasteiger partial charge in [0.25, 0.3) is 0 Å². The van der Waals surface area contributed by atoms with Crippen molar-refractivity contribution < 1.29 is 13.2 Å². The molecule has 0 radical (unpaired) electrons. The maximum atomic E-state index is 12.2. The van der Waals surface area contributed by atoms with Gasteiger partial charge < -0.3 is 9.64 Å². The van der Waals surface area contributed by atoms with Gasteiger partial charge in [-0.2, -0.15) is 0 Å². The summed E-state index contributed by atoms with van der Waals surface area (Å²) in [7, 11) is -3.16. The number of ether oxygens (including phenoxy) is 1. The van der Waals surface area contributed by atoms with Crippen molar-refractivity contribution in [1.82, 2.24) is 9.62 Å². The summed E-state index contributed by atoms with van der Waals surface area (Å²) >= 11 is 0. The summed E-state index contributed by atoms with van der Waals surface area (Å²) in [6, 6.07) is 0.107. The molecular weight excluding hydrogens is 300 g/mol. The third-order valence-electron chi connectivity index (χ3n) is 5.34. The van der Waals surface area contributed by atoms with E-state index in [4.69, 9.17) is 4.74 Å². The lowest BCUT2D eigenvalue weighted by Gasteiger charge is -2.20. The van der Waals surface area contributed by atoms with Crippen LogP contribution in [-0.2, 0) is 14.8 Å². The Morgan fingerprint density at radius 2 is 1.91 bits per heavy atom. The van der Waals surface area contributed by atoms with Crippen molar-refractivity contribution >= 4 is 10.0 Å². The van der Waals surface area contributed by atoms with Crippen LogP contribution in [0, 0.1) is 5.92 Å². The molecule has 3 aliphatic rings. The van der Waals surface area contributed by atoms with Gasteiger partial charge in [0, 0.05) is 25.7 Å². The number of rotatable bonds is 7. The van der Waals surface area contributed by atoms with Crippen LogP contribution in [0.2, 0.25) is 0 Å². The molecular formula is C16H30N2O3S. The second kappa shape index (κ2) is 7.60. The molecule has 2 atom stereocenters. The highest BCUT2D eigenvalue weighted by molar-refractivity contribution is 7.89. The van der Waals surface area contributed by atoms with Gasteiger partial charge in [-0.25, -0.2) is 13.1 Å². The Bertz CT molecular complexity index is 442. The fourth-order valence-corrected chi connectivity index (χ4v) is 5.52. The summed E-state index contributed by atoms with van der Waals surface area (Å²) in [6.07, 6.45) is 9.27. The van der Waals surface area contributed by atoms with Crippen LogP contribution in [0.25, 0.3) is 0 Å². The highest BCUT2D eigenvalue weighted by atomic mass is 32.2. The van der Waals surface area contributed by atoms with E-state index in [9.17, 15) is 8.42 Å². The lowest BCUT2D eigenvalue weighted by atomic mass is 10.1. The molecule has 1 aliphatic carbocycles. The normalized spacial score (nSPS) is 31.3. The molecule has 0 aromatic heterocycles. The predicted molar refractivity (Wildman–Crippen MR) is 87.3 cm³/mol. The minimum absolute atomic E-state index is 0.107. The highest BCUT2D eigenvalue weighted by Crippen LogP contribution is 2.26. The van der Waals surface area contributed by atoms with Crippen molar-refractivity contribution in [1.29, 1.82) is 0 Å². The van der Waals surface area contributed by atoms with E-state index in [-0.39, 0.29) is 17.9 Å². The topological polar surface area (TPSA) is 58.6 Å². The summed E-state index contributed by atoms with van der Waals surface area (Å²) in [6.45, 7) is 3.87. The smallest absolute Gasteiger partial charge is 0.211 e. The van der Waals surface area contributed by atoms with Crippen molar-refractivity contribution in [3.05, 3.63) is 0 Å². The molecule has 0 aromatic rings. The lowest BCUT2D eigenvalue weighted by molar-refractivity contribution is 0.108. The standard InChI is InChI=1S/C16H30N2O3S/c19-22(20,11-8-16-6-3-10-21-16)17-15-7-9-18(13-15)12-14-4-1-2-5-14/h14-17H,1-13H2/t15-,16+/m0/s1. The second-order valence-corrected chi connectivity index (χ2v) is 9.13. The summed E-state index contributed by atoms with van der Waals surface area (Å²) in [5, 5.41) is 0. The van der Waals surface area contributed by atoms with Gasteiger partial charge in [0.15, 0.2) is 0 Å². The van der Waals surface area contributed by atoms with E-state index in [2.05, 4.69) is 9.62 Å². The minimum Gasteiger partial charge on any atom is -0.378 e. The largest absolute Gasteiger partial charge is 0.378 e. The minimum atomic E-state index is -3.16. The summed E-state index contributed by atoms with van der Waals surface area (Å²) in [5.74, 6) is 1.05. The molecule has 1 N–H and O–H groups in total. The molecule has 1 saturated carbocycles. The first-order valence-corrected chi connectivity index (χ1v) is 10.6. The van der Waals surface area contributed by atoms with Crippen LogP contribution in [-0.4, -0.2) is 57.5 Å². The zero-order chi connectivity index (χ0) is 15.4. The fourth-order valence-electron chi connectivity index (χ4n) is 4.12. The maximum Gasteiger partial charge on any atom is 0.211 e. The Hall–Kier alpha value is -0.170. The predicted octanol–water partition coefficient (Wildman–Crippen LogP) is 1.74. The van der Waals surface area contributed by atoms with Crippen molar-refractivity contribution in [2.45, 2.75) is 63.5 Å². The van der Waals surface area contributed by atoms with E-state index >= 15 is 0 Å². The highest BCUT2D eigenvalue weighted by Gasteiger charge is 2.29. The summed E-state index contributed by atoms with van der Waals surface area (Å²) in [5.41, 5.74) is 0. The van der Waals surface area contributed by atoms with Crippen LogP contribution in [0.15, 0.2) is 0 Å². The molecule has 22 heavy (non-hydrogen) atoms. The Morgan fingerprint density at radius 1 is 1.09 bits per heavy atom. The number of nitrogens with one attached hydrogen (secondary N) is 1. The molecule has 0 amide bonds. The zero-order valence-electron chi connectivity index (χ0n) is 13.5. The Kier molecular flexibility index (Phi) is 5.76. The van der Waals surface area contributed by atoms with Gasteiger partial charge in [-0.1, -0.05) is 12.8 Å². The molecule has 0 spiro atoms. The van der Waals surface area contributed by atoms with E-state index in [1.807, 2.05) is 0 Å². The molecule has 0 bridgehead atoms. The van der Waals surface area contributed by atoms with Crippen molar-refractivity contribution in [3.8, 4) is 0 Å². The van der Waals surface area contributed by atoms with Gasteiger partial charge in [-0.15, -0.1) is 0 Å². The van der Waals surface area contributed by atoms with Crippen LogP contribution in [0.3, 0.4) is 0 Å². The maximum absolute atomic E-state index is 12.2. The van der Waals surface area contributed by atoms with E-state index in [1.165, 1.54) is 25.7 Å². The van der Waals surface area contributed by atoms with E-state index in [1.54, 1.807) is 0 Å². The Labute approximate surface area is 134 Å². The Morgan fingerprint density at radius 3 is 2.64 bits per heavy atom. The Balaban J connectivity index is 1.38. The third-order valence-corrected chi connectivity index (χ3v) is 6.81. The first kappa shape index (κ1) is 16.7. The van der Waals surface area contributed by atoms with Crippen LogP contribution >= 0.6 is 0 Å². The quantitative estimate of drug-likeness (QED) is 0.772. The van der Waals surface area contributed by atoms with Gasteiger partial charge in [-0.3, -0.25) is 0 Å². The summed E-state index contributed by atoms with van der Waals surface area (Å²) in [4.78, 5) is 2.45. The fraction of sp³-hybridized carbons (Fsp3) is 1.00. The molecule has 2 heterocycles. The molecule has 3 fully saturated rings. The van der Waals surface area contributed by atoms with Crippen molar-refractivity contribution in [2.24, 2.45) is 5.92 Å². The molecule has 0 aromatic carbocycles. The molecule has 2 saturated heterocycles. The zero-order valence-corrected chi connectivity index (χ0v) is 14.3. The molecule has 128 valence electrons. The molecule has 5 nitrogen and oxygen atoms in total. The molecule has 3 rings (SSSR count). The lowest BCUT2D eigenvalue weighted by Crippen LogP contribution is -2.39. The average Bonchev–Trinajstić information content (AvgIpc) is 3.19. The number of likely N-dealkylation sites (tertiary alicyclic amines) is 1. The number of hydrogen-bond acceptors (Lipinski definition) is 4. The average molecular weight is 330 g/mol. The number of nitrogens with zero attached hydrogens (tertiary/aromatic N) is 1. The molecule has 0 unspecified atom stereocenters. The van der Waals surface area contributed by atoms with Gasteiger partial charge in [-0.05, 0) is 51.0 Å². The van der Waals surface area contributed by atoms with Crippen molar-refractivity contribution in [3.63, 3.8) is 0 Å². The number of hydrogen-bond donors (Lipinski definition) is 1. The van der Waals surface area contributed by atoms with Gasteiger partial charge in [0.2, 0.25) is 10.0 Å². The van der Waals surface area contributed by atoms with Crippen LogP contribution in [0.4, 0.5) is 0 Å². The first-order valence-electron chi connectivity index (χ1n) is 8.95. The third kappa shape index (κ3) is 4.91. The van der Waals surface area contributed by atoms with Crippen molar-refractivity contribution in [2.75, 3.05) is 32.0 Å². The second-order valence-electron chi connectivity index (χ2n) is 7.26. The van der Waals surface area contributed by atoms with Gasteiger partial charge in [0.1, 0.15) is 0 Å². The van der Waals surface area contributed by atoms with Crippen LogP contribution in [0.5, 0.6) is 0 Å². The van der Waals surface area contributed by atoms with Gasteiger partial charge in [0.05, 0.1) is 11.9 Å². The first-order chi connectivity index (χ1) is 10.6. The van der Waals surface area contributed by atoms with Crippen LogP contribution < -0.4 is 4.72 Å². The summed E-state index contributed by atoms with van der Waals surface area (Å²) < 4.78 is 32.8. The number of sulfonamides is 1. The van der Waals surface area contributed by atoms with E-state index < -0.39 is 10.0 Å². The SMILES string of the molecule is O=S(=O)(CC[C@H]1CCCO1)N[C@H]1CCN(CC2CCCC2)C1. The van der Waals surface area contributed by atoms with Crippen LogP contribution in [0.1, 0.15) is 51.4 Å². The van der Waals surface area contributed by atoms with E-state index in [0.717, 1.165) is 51.4 Å². The monoisotopic (exact) mass is 330 g/mol.